The maximum absolute atomic E-state index is 6.60. The topological polar surface area (TPSA) is 9.23 Å². The maximum Gasteiger partial charge on any atom is 0.120 e. The van der Waals surface area contributed by atoms with Gasteiger partial charge in [0, 0.05) is 5.02 Å². The van der Waals surface area contributed by atoms with Gasteiger partial charge in [-0.3, -0.25) is 0 Å². The molecule has 0 amide bonds. The summed E-state index contributed by atoms with van der Waals surface area (Å²) >= 11 is 12.9. The number of rotatable bonds is 4. The number of methoxy groups -OCH3 is 1. The molecule has 1 aromatic carbocycles. The molecule has 4 atom stereocenters. The number of hydrogen-bond donors (Lipinski definition) is 0. The van der Waals surface area contributed by atoms with Crippen LogP contribution in [-0.2, 0) is 0 Å². The Morgan fingerprint density at radius 2 is 2.16 bits per heavy atom. The molecule has 2 fully saturated rings. The molecule has 4 unspecified atom stereocenters. The van der Waals surface area contributed by atoms with Crippen molar-refractivity contribution in [1.29, 1.82) is 0 Å². The summed E-state index contributed by atoms with van der Waals surface area (Å²) in [5.41, 5.74) is 1.05. The molecule has 0 spiro atoms. The monoisotopic (exact) mass is 298 g/mol. The summed E-state index contributed by atoms with van der Waals surface area (Å²) in [6, 6.07) is 5.80. The molecule has 2 aliphatic rings. The van der Waals surface area contributed by atoms with Crippen molar-refractivity contribution >= 4 is 23.2 Å². The van der Waals surface area contributed by atoms with E-state index in [4.69, 9.17) is 27.9 Å². The first-order valence-electron chi connectivity index (χ1n) is 7.15. The van der Waals surface area contributed by atoms with Crippen molar-refractivity contribution in [3.8, 4) is 5.75 Å². The van der Waals surface area contributed by atoms with Crippen LogP contribution in [0.3, 0.4) is 0 Å². The van der Waals surface area contributed by atoms with Crippen LogP contribution < -0.4 is 4.74 Å². The molecule has 1 aromatic rings. The number of fused-ring (bicyclic) bond motifs is 2. The summed E-state index contributed by atoms with van der Waals surface area (Å²) in [7, 11) is 1.65. The second kappa shape index (κ2) is 5.54. The Balaban J connectivity index is 1.68. The van der Waals surface area contributed by atoms with Crippen molar-refractivity contribution in [1.82, 2.24) is 0 Å². The van der Waals surface area contributed by atoms with E-state index < -0.39 is 0 Å². The molecule has 2 saturated carbocycles. The molecule has 2 aliphatic carbocycles. The van der Waals surface area contributed by atoms with Gasteiger partial charge < -0.3 is 4.74 Å². The zero-order chi connectivity index (χ0) is 13.4. The highest BCUT2D eigenvalue weighted by Crippen LogP contribution is 2.52. The molecular weight excluding hydrogens is 279 g/mol. The average molecular weight is 299 g/mol. The molecule has 0 aromatic heterocycles. The van der Waals surface area contributed by atoms with Crippen LogP contribution in [0.1, 0.15) is 43.0 Å². The summed E-state index contributed by atoms with van der Waals surface area (Å²) in [6.45, 7) is 0. The second-order valence-corrected chi connectivity index (χ2v) is 6.96. The first kappa shape index (κ1) is 13.6. The lowest BCUT2D eigenvalue weighted by molar-refractivity contribution is 0.312. The summed E-state index contributed by atoms with van der Waals surface area (Å²) in [5, 5.41) is 0.755. The summed E-state index contributed by atoms with van der Waals surface area (Å²) < 4.78 is 5.18. The maximum atomic E-state index is 6.60. The van der Waals surface area contributed by atoms with Crippen LogP contribution in [0.25, 0.3) is 0 Å². The van der Waals surface area contributed by atoms with E-state index in [-0.39, 0.29) is 5.38 Å². The number of benzene rings is 1. The summed E-state index contributed by atoms with van der Waals surface area (Å²) in [5.74, 6) is 3.49. The Hall–Kier alpha value is -0.400. The van der Waals surface area contributed by atoms with E-state index in [9.17, 15) is 0 Å². The van der Waals surface area contributed by atoms with Crippen molar-refractivity contribution in [3.63, 3.8) is 0 Å². The zero-order valence-corrected chi connectivity index (χ0v) is 12.8. The van der Waals surface area contributed by atoms with Gasteiger partial charge in [0.2, 0.25) is 0 Å². The lowest BCUT2D eigenvalue weighted by Crippen LogP contribution is -2.12. The lowest BCUT2D eigenvalue weighted by atomic mass is 9.84. The minimum absolute atomic E-state index is 0.0303. The van der Waals surface area contributed by atoms with E-state index in [0.717, 1.165) is 40.5 Å². The summed E-state index contributed by atoms with van der Waals surface area (Å²) in [4.78, 5) is 0. The molecule has 0 N–H and O–H groups in total. The molecule has 2 bridgehead atoms. The van der Waals surface area contributed by atoms with Gasteiger partial charge in [-0.2, -0.15) is 0 Å². The second-order valence-electron chi connectivity index (χ2n) is 6.03. The standard InChI is InChI=1S/C16H20Cl2O/c1-19-13-4-5-14(16(18)9-13)15(17)8-12-7-10-2-3-11(12)6-10/h4-5,9-12,15H,2-3,6-8H2,1H3. The fourth-order valence-corrected chi connectivity index (χ4v) is 4.72. The van der Waals surface area contributed by atoms with Gasteiger partial charge in [-0.1, -0.05) is 24.1 Å². The largest absolute Gasteiger partial charge is 0.497 e. The number of alkyl halides is 1. The molecule has 0 aliphatic heterocycles. The number of hydrogen-bond acceptors (Lipinski definition) is 1. The van der Waals surface area contributed by atoms with Gasteiger partial charge in [0.15, 0.2) is 0 Å². The number of halogens is 2. The first-order valence-corrected chi connectivity index (χ1v) is 7.96. The molecular formula is C16H20Cl2O. The van der Waals surface area contributed by atoms with Crippen LogP contribution in [0.5, 0.6) is 5.75 Å². The molecule has 0 radical (unpaired) electrons. The predicted molar refractivity (Wildman–Crippen MR) is 80.2 cm³/mol. The molecule has 3 heteroatoms. The average Bonchev–Trinajstić information content (AvgIpc) is 3.00. The van der Waals surface area contributed by atoms with Crippen molar-refractivity contribution in [2.24, 2.45) is 17.8 Å². The molecule has 19 heavy (non-hydrogen) atoms. The van der Waals surface area contributed by atoms with Crippen molar-refractivity contribution in [2.45, 2.75) is 37.5 Å². The van der Waals surface area contributed by atoms with Crippen LogP contribution in [0.4, 0.5) is 0 Å². The van der Waals surface area contributed by atoms with E-state index >= 15 is 0 Å². The smallest absolute Gasteiger partial charge is 0.120 e. The van der Waals surface area contributed by atoms with Gasteiger partial charge in [-0.25, -0.2) is 0 Å². The Labute approximate surface area is 125 Å². The quantitative estimate of drug-likeness (QED) is 0.671. The van der Waals surface area contributed by atoms with E-state index in [1.165, 1.54) is 25.7 Å². The Morgan fingerprint density at radius 3 is 2.74 bits per heavy atom. The van der Waals surface area contributed by atoms with Gasteiger partial charge in [-0.15, -0.1) is 11.6 Å². The highest BCUT2D eigenvalue weighted by Gasteiger charge is 2.40. The van der Waals surface area contributed by atoms with Gasteiger partial charge in [0.05, 0.1) is 12.5 Å². The highest BCUT2D eigenvalue weighted by molar-refractivity contribution is 6.32. The first-order chi connectivity index (χ1) is 9.17. The Morgan fingerprint density at radius 1 is 1.32 bits per heavy atom. The van der Waals surface area contributed by atoms with Crippen LogP contribution in [0.15, 0.2) is 18.2 Å². The van der Waals surface area contributed by atoms with Crippen molar-refractivity contribution in [2.75, 3.05) is 7.11 Å². The Kier molecular flexibility index (Phi) is 3.96. The van der Waals surface area contributed by atoms with Crippen LogP contribution in [-0.4, -0.2) is 7.11 Å². The van der Waals surface area contributed by atoms with Gasteiger partial charge in [-0.05, 0) is 61.1 Å². The molecule has 3 rings (SSSR count). The minimum atomic E-state index is 0.0303. The van der Waals surface area contributed by atoms with E-state index in [0.29, 0.717) is 0 Å². The third-order valence-corrected chi connectivity index (χ3v) is 5.68. The van der Waals surface area contributed by atoms with Crippen LogP contribution in [0, 0.1) is 17.8 Å². The van der Waals surface area contributed by atoms with Crippen molar-refractivity contribution in [3.05, 3.63) is 28.8 Å². The SMILES string of the molecule is COc1ccc(C(Cl)CC2CC3CCC2C3)c(Cl)c1. The van der Waals surface area contributed by atoms with Crippen LogP contribution >= 0.6 is 23.2 Å². The van der Waals surface area contributed by atoms with Crippen LogP contribution in [0.2, 0.25) is 5.02 Å². The zero-order valence-electron chi connectivity index (χ0n) is 11.2. The van der Waals surface area contributed by atoms with E-state index in [1.54, 1.807) is 7.11 Å². The fourth-order valence-electron chi connectivity index (χ4n) is 3.95. The van der Waals surface area contributed by atoms with E-state index in [1.807, 2.05) is 18.2 Å². The third kappa shape index (κ3) is 2.73. The Bertz CT molecular complexity index is 460. The van der Waals surface area contributed by atoms with Gasteiger partial charge in [0.1, 0.15) is 5.75 Å². The fraction of sp³-hybridized carbons (Fsp3) is 0.625. The number of ether oxygens (including phenoxy) is 1. The lowest BCUT2D eigenvalue weighted by Gasteiger charge is -2.24. The van der Waals surface area contributed by atoms with Gasteiger partial charge >= 0.3 is 0 Å². The minimum Gasteiger partial charge on any atom is -0.497 e. The molecule has 104 valence electrons. The predicted octanol–water partition coefficient (Wildman–Crippen LogP) is 5.45. The van der Waals surface area contributed by atoms with Crippen molar-refractivity contribution < 1.29 is 4.74 Å². The van der Waals surface area contributed by atoms with Gasteiger partial charge in [0.25, 0.3) is 0 Å². The molecule has 0 heterocycles. The molecule has 0 saturated heterocycles. The summed E-state index contributed by atoms with van der Waals surface area (Å²) in [6.07, 6.45) is 6.73. The molecule has 1 nitrogen and oxygen atoms in total. The highest BCUT2D eigenvalue weighted by atomic mass is 35.5. The van der Waals surface area contributed by atoms with E-state index in [2.05, 4.69) is 0 Å². The third-order valence-electron chi connectivity index (χ3n) is 4.94. The normalized spacial score (nSPS) is 30.6.